The highest BCUT2D eigenvalue weighted by Gasteiger charge is 2.30. The van der Waals surface area contributed by atoms with Crippen molar-refractivity contribution in [1.82, 2.24) is 24.0 Å². The molecule has 1 atom stereocenters. The standard InChI is InChI=1S/C18H25N5O4S/c1-21-17(15-9-6-10-22(12-15)28(2,26)27)20-23(18(21)25)13-16(24)19-11-14-7-4-3-5-8-14/h3-5,7-8,15H,6,9-13H2,1-2H3,(H,19,24). The zero-order valence-electron chi connectivity index (χ0n) is 16.0. The summed E-state index contributed by atoms with van der Waals surface area (Å²) in [5, 5.41) is 7.10. The quantitative estimate of drug-likeness (QED) is 0.728. The molecule has 1 aliphatic heterocycles. The molecule has 28 heavy (non-hydrogen) atoms. The lowest BCUT2D eigenvalue weighted by atomic mass is 9.99. The Morgan fingerprint density at radius 1 is 1.29 bits per heavy atom. The second kappa shape index (κ2) is 8.27. The molecule has 9 nitrogen and oxygen atoms in total. The number of carbonyl (C=O) groups is 1. The van der Waals surface area contributed by atoms with Gasteiger partial charge in [-0.25, -0.2) is 22.2 Å². The van der Waals surface area contributed by atoms with Crippen LogP contribution in [0.15, 0.2) is 35.1 Å². The van der Waals surface area contributed by atoms with Gasteiger partial charge in [-0.05, 0) is 18.4 Å². The number of benzene rings is 1. The molecule has 0 radical (unpaired) electrons. The fourth-order valence-electron chi connectivity index (χ4n) is 3.41. The number of nitrogens with one attached hydrogen (secondary N) is 1. The maximum Gasteiger partial charge on any atom is 0.346 e. The lowest BCUT2D eigenvalue weighted by molar-refractivity contribution is -0.122. The van der Waals surface area contributed by atoms with Crippen LogP contribution in [-0.4, -0.2) is 52.3 Å². The van der Waals surface area contributed by atoms with Gasteiger partial charge in [0, 0.05) is 32.6 Å². The molecule has 0 saturated carbocycles. The first kappa shape index (κ1) is 20.3. The van der Waals surface area contributed by atoms with Crippen molar-refractivity contribution in [3.8, 4) is 0 Å². The van der Waals surface area contributed by atoms with Crippen molar-refractivity contribution in [2.75, 3.05) is 19.3 Å². The molecule has 1 N–H and O–H groups in total. The number of piperidine rings is 1. The van der Waals surface area contributed by atoms with Crippen LogP contribution >= 0.6 is 0 Å². The average molecular weight is 407 g/mol. The Morgan fingerprint density at radius 2 is 2.00 bits per heavy atom. The molecule has 3 rings (SSSR count). The smallest absolute Gasteiger partial charge is 0.346 e. The van der Waals surface area contributed by atoms with Gasteiger partial charge in [0.25, 0.3) is 0 Å². The Kier molecular flexibility index (Phi) is 5.99. The van der Waals surface area contributed by atoms with E-state index in [1.54, 1.807) is 7.05 Å². The van der Waals surface area contributed by atoms with Crippen LogP contribution in [0.25, 0.3) is 0 Å². The van der Waals surface area contributed by atoms with Gasteiger partial charge in [-0.15, -0.1) is 0 Å². The van der Waals surface area contributed by atoms with Gasteiger partial charge in [-0.1, -0.05) is 30.3 Å². The summed E-state index contributed by atoms with van der Waals surface area (Å²) in [5.41, 5.74) is 0.578. The topological polar surface area (TPSA) is 106 Å². The highest BCUT2D eigenvalue weighted by atomic mass is 32.2. The molecule has 1 amide bonds. The van der Waals surface area contributed by atoms with Gasteiger partial charge in [0.05, 0.1) is 6.26 Å². The SMILES string of the molecule is Cn1c(C2CCCN(S(C)(=O)=O)C2)nn(CC(=O)NCc2ccccc2)c1=O. The first-order valence-corrected chi connectivity index (χ1v) is 11.0. The summed E-state index contributed by atoms with van der Waals surface area (Å²) in [6, 6.07) is 9.49. The van der Waals surface area contributed by atoms with Gasteiger partial charge >= 0.3 is 5.69 Å². The van der Waals surface area contributed by atoms with Crippen molar-refractivity contribution in [3.63, 3.8) is 0 Å². The van der Waals surface area contributed by atoms with Crippen LogP contribution in [-0.2, 0) is 35.0 Å². The van der Waals surface area contributed by atoms with E-state index in [0.29, 0.717) is 31.9 Å². The van der Waals surface area contributed by atoms with Gasteiger partial charge in [0.15, 0.2) is 0 Å². The van der Waals surface area contributed by atoms with Crippen LogP contribution < -0.4 is 11.0 Å². The Labute approximate surface area is 164 Å². The number of amides is 1. The Hall–Kier alpha value is -2.46. The van der Waals surface area contributed by atoms with Crippen molar-refractivity contribution in [2.24, 2.45) is 7.05 Å². The van der Waals surface area contributed by atoms with Crippen LogP contribution in [0, 0.1) is 0 Å². The van der Waals surface area contributed by atoms with Gasteiger partial charge in [-0.2, -0.15) is 5.10 Å². The van der Waals surface area contributed by atoms with Crippen molar-refractivity contribution >= 4 is 15.9 Å². The van der Waals surface area contributed by atoms with Crippen LogP contribution in [0.1, 0.15) is 30.1 Å². The summed E-state index contributed by atoms with van der Waals surface area (Å²) in [6.07, 6.45) is 2.64. The summed E-state index contributed by atoms with van der Waals surface area (Å²) in [7, 11) is -1.69. The predicted molar refractivity (Wildman–Crippen MR) is 104 cm³/mol. The second-order valence-electron chi connectivity index (χ2n) is 7.08. The van der Waals surface area contributed by atoms with E-state index in [9.17, 15) is 18.0 Å². The highest BCUT2D eigenvalue weighted by Crippen LogP contribution is 2.26. The number of sulfonamides is 1. The normalized spacial score (nSPS) is 18.1. The minimum Gasteiger partial charge on any atom is -0.350 e. The maximum atomic E-state index is 12.5. The molecule has 2 heterocycles. The minimum atomic E-state index is -3.29. The van der Waals surface area contributed by atoms with Crippen molar-refractivity contribution in [3.05, 3.63) is 52.2 Å². The van der Waals surface area contributed by atoms with E-state index in [1.165, 1.54) is 15.1 Å². The number of rotatable bonds is 6. The third-order valence-electron chi connectivity index (χ3n) is 4.92. The molecule has 1 aliphatic rings. The highest BCUT2D eigenvalue weighted by molar-refractivity contribution is 7.88. The zero-order chi connectivity index (χ0) is 20.3. The number of hydrogen-bond acceptors (Lipinski definition) is 5. The molecule has 1 aromatic heterocycles. The molecule has 0 bridgehead atoms. The Balaban J connectivity index is 1.69. The van der Waals surface area contributed by atoms with Crippen LogP contribution in [0.3, 0.4) is 0 Å². The fraction of sp³-hybridized carbons (Fsp3) is 0.500. The maximum absolute atomic E-state index is 12.5. The van der Waals surface area contributed by atoms with E-state index in [4.69, 9.17) is 0 Å². The molecule has 0 aliphatic carbocycles. The largest absolute Gasteiger partial charge is 0.350 e. The molecule has 2 aromatic rings. The van der Waals surface area contributed by atoms with Gasteiger partial charge in [0.2, 0.25) is 15.9 Å². The first-order valence-electron chi connectivity index (χ1n) is 9.15. The molecule has 10 heteroatoms. The third kappa shape index (κ3) is 4.68. The van der Waals surface area contributed by atoms with Crippen molar-refractivity contribution in [2.45, 2.75) is 31.8 Å². The van der Waals surface area contributed by atoms with Gasteiger partial charge in [-0.3, -0.25) is 9.36 Å². The molecule has 1 fully saturated rings. The molecular weight excluding hydrogens is 382 g/mol. The lowest BCUT2D eigenvalue weighted by Crippen LogP contribution is -2.39. The summed E-state index contributed by atoms with van der Waals surface area (Å²) < 4.78 is 27.6. The van der Waals surface area contributed by atoms with E-state index in [0.717, 1.165) is 16.7 Å². The Bertz CT molecular complexity index is 997. The molecule has 1 saturated heterocycles. The minimum absolute atomic E-state index is 0.171. The third-order valence-corrected chi connectivity index (χ3v) is 6.19. The van der Waals surface area contributed by atoms with Crippen molar-refractivity contribution < 1.29 is 13.2 Å². The zero-order valence-corrected chi connectivity index (χ0v) is 16.9. The fourth-order valence-corrected chi connectivity index (χ4v) is 4.32. The van der Waals surface area contributed by atoms with E-state index in [1.807, 2.05) is 30.3 Å². The molecule has 0 spiro atoms. The Morgan fingerprint density at radius 3 is 2.68 bits per heavy atom. The summed E-state index contributed by atoms with van der Waals surface area (Å²) >= 11 is 0. The first-order chi connectivity index (χ1) is 13.3. The van der Waals surface area contributed by atoms with Gasteiger partial charge in [0.1, 0.15) is 12.4 Å². The van der Waals surface area contributed by atoms with Crippen LogP contribution in [0.5, 0.6) is 0 Å². The van der Waals surface area contributed by atoms with E-state index >= 15 is 0 Å². The number of aromatic nitrogens is 3. The molecule has 152 valence electrons. The second-order valence-corrected chi connectivity index (χ2v) is 9.06. The summed E-state index contributed by atoms with van der Waals surface area (Å²) in [4.78, 5) is 24.7. The van der Waals surface area contributed by atoms with Gasteiger partial charge < -0.3 is 5.32 Å². The monoisotopic (exact) mass is 407 g/mol. The van der Waals surface area contributed by atoms with Crippen LogP contribution in [0.2, 0.25) is 0 Å². The average Bonchev–Trinajstić information content (AvgIpc) is 2.95. The summed E-state index contributed by atoms with van der Waals surface area (Å²) in [6.45, 7) is 0.970. The summed E-state index contributed by atoms with van der Waals surface area (Å²) in [5.74, 6) is 0.0287. The number of nitrogens with zero attached hydrogens (tertiary/aromatic N) is 4. The number of hydrogen-bond donors (Lipinski definition) is 1. The predicted octanol–water partition coefficient (Wildman–Crippen LogP) is 0.0372. The van der Waals surface area contributed by atoms with Crippen molar-refractivity contribution in [1.29, 1.82) is 0 Å². The van der Waals surface area contributed by atoms with E-state index in [-0.39, 0.29) is 24.1 Å². The molecular formula is C18H25N5O4S. The lowest BCUT2D eigenvalue weighted by Gasteiger charge is -2.30. The van der Waals surface area contributed by atoms with E-state index in [2.05, 4.69) is 10.4 Å². The van der Waals surface area contributed by atoms with E-state index < -0.39 is 10.0 Å². The molecule has 1 unspecified atom stereocenters. The van der Waals surface area contributed by atoms with Crippen LogP contribution in [0.4, 0.5) is 0 Å². The molecule has 1 aromatic carbocycles. The number of carbonyl (C=O) groups excluding carboxylic acids is 1.